The molecule has 2 heteroatoms. The molecule has 2 rings (SSSR count). The zero-order valence-corrected chi connectivity index (χ0v) is 9.45. The number of hydrogen-bond acceptors (Lipinski definition) is 1. The van der Waals surface area contributed by atoms with Crippen molar-refractivity contribution in [3.63, 3.8) is 0 Å². The van der Waals surface area contributed by atoms with Crippen LogP contribution in [0.5, 0.6) is 0 Å². The van der Waals surface area contributed by atoms with E-state index in [9.17, 15) is 4.39 Å². The Morgan fingerprint density at radius 3 is 2.94 bits per heavy atom. The fraction of sp³-hybridized carbons (Fsp3) is 0.429. The van der Waals surface area contributed by atoms with Crippen LogP contribution in [-0.4, -0.2) is 12.6 Å². The van der Waals surface area contributed by atoms with Crippen molar-refractivity contribution in [1.29, 1.82) is 0 Å². The smallest absolute Gasteiger partial charge is 0.130 e. The van der Waals surface area contributed by atoms with E-state index in [0.717, 1.165) is 13.0 Å². The van der Waals surface area contributed by atoms with Crippen LogP contribution in [0.3, 0.4) is 0 Å². The van der Waals surface area contributed by atoms with Crippen LogP contribution in [0.15, 0.2) is 30.3 Å². The van der Waals surface area contributed by atoms with Crippen molar-refractivity contribution in [3.8, 4) is 0 Å². The summed E-state index contributed by atoms with van der Waals surface area (Å²) in [5, 5.41) is 3.46. The summed E-state index contributed by atoms with van der Waals surface area (Å²) in [4.78, 5) is 0. The van der Waals surface area contributed by atoms with Gasteiger partial charge in [0.2, 0.25) is 0 Å². The van der Waals surface area contributed by atoms with E-state index in [1.165, 1.54) is 25.3 Å². The van der Waals surface area contributed by atoms with Gasteiger partial charge in [0.15, 0.2) is 0 Å². The van der Waals surface area contributed by atoms with Crippen LogP contribution in [0.1, 0.15) is 31.2 Å². The summed E-state index contributed by atoms with van der Waals surface area (Å²) in [6, 6.07) is 7.30. The molecule has 1 unspecified atom stereocenters. The predicted molar refractivity (Wildman–Crippen MR) is 65.7 cm³/mol. The van der Waals surface area contributed by atoms with E-state index in [-0.39, 0.29) is 5.82 Å². The maximum atomic E-state index is 13.4. The van der Waals surface area contributed by atoms with Gasteiger partial charge in [-0.25, -0.2) is 4.39 Å². The zero-order valence-electron chi connectivity index (χ0n) is 9.45. The Kier molecular flexibility index (Phi) is 4.11. The lowest BCUT2D eigenvalue weighted by atomic mass is 10.1. The highest BCUT2D eigenvalue weighted by atomic mass is 19.1. The van der Waals surface area contributed by atoms with Crippen molar-refractivity contribution >= 4 is 6.08 Å². The first-order valence-electron chi connectivity index (χ1n) is 6.02. The summed E-state index contributed by atoms with van der Waals surface area (Å²) in [6.45, 7) is 1.08. The third-order valence-electron chi connectivity index (χ3n) is 3.01. The Balaban J connectivity index is 2.00. The Labute approximate surface area is 96.4 Å². The van der Waals surface area contributed by atoms with Crippen molar-refractivity contribution < 1.29 is 4.39 Å². The second-order valence-electron chi connectivity index (χ2n) is 4.29. The number of rotatable bonds is 2. The molecule has 0 radical (unpaired) electrons. The summed E-state index contributed by atoms with van der Waals surface area (Å²) in [7, 11) is 0. The van der Waals surface area contributed by atoms with Gasteiger partial charge in [-0.1, -0.05) is 43.2 Å². The van der Waals surface area contributed by atoms with E-state index in [1.807, 2.05) is 18.2 Å². The quantitative estimate of drug-likeness (QED) is 0.804. The van der Waals surface area contributed by atoms with E-state index >= 15 is 0 Å². The molecule has 86 valence electrons. The maximum Gasteiger partial charge on any atom is 0.130 e. The van der Waals surface area contributed by atoms with E-state index in [4.69, 9.17) is 0 Å². The topological polar surface area (TPSA) is 12.0 Å². The molecule has 1 nitrogen and oxygen atoms in total. The Hall–Kier alpha value is -1.15. The van der Waals surface area contributed by atoms with Gasteiger partial charge >= 0.3 is 0 Å². The molecular formula is C14H18FN. The van der Waals surface area contributed by atoms with Gasteiger partial charge in [-0.3, -0.25) is 0 Å². The summed E-state index contributed by atoms with van der Waals surface area (Å²) >= 11 is 0. The first-order chi connectivity index (χ1) is 7.86. The van der Waals surface area contributed by atoms with Crippen molar-refractivity contribution in [2.75, 3.05) is 6.54 Å². The number of hydrogen-bond donors (Lipinski definition) is 1. The summed E-state index contributed by atoms with van der Waals surface area (Å²) in [5.41, 5.74) is 0.675. The molecule has 0 amide bonds. The van der Waals surface area contributed by atoms with Gasteiger partial charge in [0.05, 0.1) is 0 Å². The Bertz CT molecular complexity index is 352. The van der Waals surface area contributed by atoms with Crippen LogP contribution in [-0.2, 0) is 0 Å². The molecule has 1 saturated heterocycles. The van der Waals surface area contributed by atoms with Gasteiger partial charge in [-0.15, -0.1) is 0 Å². The average Bonchev–Trinajstić information content (AvgIpc) is 2.56. The molecule has 0 aromatic heterocycles. The molecule has 1 aliphatic rings. The second-order valence-corrected chi connectivity index (χ2v) is 4.29. The molecule has 0 spiro atoms. The highest BCUT2D eigenvalue weighted by Gasteiger charge is 2.07. The third kappa shape index (κ3) is 3.17. The minimum absolute atomic E-state index is 0.146. The van der Waals surface area contributed by atoms with Gasteiger partial charge in [-0.2, -0.15) is 0 Å². The number of nitrogens with one attached hydrogen (secondary N) is 1. The molecule has 0 saturated carbocycles. The highest BCUT2D eigenvalue weighted by Crippen LogP contribution is 2.12. The van der Waals surface area contributed by atoms with E-state index in [0.29, 0.717) is 11.6 Å². The Morgan fingerprint density at radius 2 is 2.06 bits per heavy atom. The maximum absolute atomic E-state index is 13.4. The normalized spacial score (nSPS) is 22.2. The largest absolute Gasteiger partial charge is 0.311 e. The minimum atomic E-state index is -0.146. The molecule has 1 aromatic rings. The van der Waals surface area contributed by atoms with Crippen LogP contribution in [0, 0.1) is 5.82 Å². The predicted octanol–water partition coefficient (Wildman–Crippen LogP) is 3.37. The standard InChI is InChI=1S/C14H18FN/c15-14-8-4-3-6-12(14)9-10-13-7-2-1-5-11-16-13/h3-4,6,8-10,13,16H,1-2,5,7,11H2/b10-9+. The minimum Gasteiger partial charge on any atom is -0.311 e. The fourth-order valence-electron chi connectivity index (χ4n) is 2.05. The molecule has 1 N–H and O–H groups in total. The van der Waals surface area contributed by atoms with Crippen molar-refractivity contribution in [3.05, 3.63) is 41.7 Å². The first-order valence-corrected chi connectivity index (χ1v) is 6.02. The molecule has 1 atom stereocenters. The summed E-state index contributed by atoms with van der Waals surface area (Å²) in [6.07, 6.45) is 8.95. The molecule has 1 aliphatic heterocycles. The molecule has 0 bridgehead atoms. The van der Waals surface area contributed by atoms with E-state index in [1.54, 1.807) is 6.07 Å². The van der Waals surface area contributed by atoms with Crippen LogP contribution in [0.25, 0.3) is 6.08 Å². The lowest BCUT2D eigenvalue weighted by Crippen LogP contribution is -2.25. The molecule has 1 heterocycles. The van der Waals surface area contributed by atoms with Crippen LogP contribution < -0.4 is 5.32 Å². The van der Waals surface area contributed by atoms with Gasteiger partial charge in [0.1, 0.15) is 5.82 Å². The van der Waals surface area contributed by atoms with Crippen LogP contribution >= 0.6 is 0 Å². The SMILES string of the molecule is Fc1ccccc1/C=C/C1CCCCCN1. The van der Waals surface area contributed by atoms with Gasteiger partial charge in [0.25, 0.3) is 0 Å². The summed E-state index contributed by atoms with van der Waals surface area (Å²) in [5.74, 6) is -0.146. The van der Waals surface area contributed by atoms with Crippen molar-refractivity contribution in [2.24, 2.45) is 0 Å². The first kappa shape index (κ1) is 11.3. The monoisotopic (exact) mass is 219 g/mol. The highest BCUT2D eigenvalue weighted by molar-refractivity contribution is 5.50. The van der Waals surface area contributed by atoms with Gasteiger partial charge in [0, 0.05) is 11.6 Å². The van der Waals surface area contributed by atoms with Crippen LogP contribution in [0.2, 0.25) is 0 Å². The number of benzene rings is 1. The molecule has 1 aromatic carbocycles. The molecule has 0 aliphatic carbocycles. The average molecular weight is 219 g/mol. The van der Waals surface area contributed by atoms with Gasteiger partial charge in [-0.05, 0) is 25.5 Å². The fourth-order valence-corrected chi connectivity index (χ4v) is 2.05. The Morgan fingerprint density at radius 1 is 1.19 bits per heavy atom. The summed E-state index contributed by atoms with van der Waals surface area (Å²) < 4.78 is 13.4. The number of halogens is 1. The van der Waals surface area contributed by atoms with Crippen LogP contribution in [0.4, 0.5) is 4.39 Å². The molecular weight excluding hydrogens is 201 g/mol. The van der Waals surface area contributed by atoms with E-state index < -0.39 is 0 Å². The van der Waals surface area contributed by atoms with Crippen molar-refractivity contribution in [2.45, 2.75) is 31.7 Å². The lowest BCUT2D eigenvalue weighted by molar-refractivity contribution is 0.598. The van der Waals surface area contributed by atoms with E-state index in [2.05, 4.69) is 11.4 Å². The van der Waals surface area contributed by atoms with Gasteiger partial charge < -0.3 is 5.32 Å². The lowest BCUT2D eigenvalue weighted by Gasteiger charge is -2.10. The molecule has 16 heavy (non-hydrogen) atoms. The zero-order chi connectivity index (χ0) is 11.2. The second kappa shape index (κ2) is 5.80. The van der Waals surface area contributed by atoms with Crippen molar-refractivity contribution in [1.82, 2.24) is 5.32 Å². The molecule has 1 fully saturated rings. The third-order valence-corrected chi connectivity index (χ3v) is 3.01.